The second-order valence-corrected chi connectivity index (χ2v) is 7.46. The van der Waals surface area contributed by atoms with Crippen molar-refractivity contribution in [2.45, 2.75) is 6.54 Å². The Morgan fingerprint density at radius 2 is 1.82 bits per heavy atom. The highest BCUT2D eigenvalue weighted by molar-refractivity contribution is 6.42. The van der Waals surface area contributed by atoms with Gasteiger partial charge in [0.2, 0.25) is 0 Å². The molecule has 28 heavy (non-hydrogen) atoms. The molecule has 1 aliphatic rings. The number of hydrogen-bond donors (Lipinski definition) is 0. The average Bonchev–Trinajstić information content (AvgIpc) is 3.27. The number of piperazine rings is 1. The van der Waals surface area contributed by atoms with Crippen LogP contribution in [0.3, 0.4) is 0 Å². The summed E-state index contributed by atoms with van der Waals surface area (Å²) >= 11 is 12.4. The van der Waals surface area contributed by atoms with Gasteiger partial charge in [0.25, 0.3) is 5.91 Å². The van der Waals surface area contributed by atoms with E-state index in [-0.39, 0.29) is 5.91 Å². The van der Waals surface area contributed by atoms with Crippen molar-refractivity contribution in [2.75, 3.05) is 26.2 Å². The second-order valence-electron chi connectivity index (χ2n) is 6.67. The molecule has 1 saturated heterocycles. The first-order chi connectivity index (χ1) is 13.6. The van der Waals surface area contributed by atoms with Crippen LogP contribution >= 0.6 is 23.2 Å². The number of nitrogens with zero attached hydrogens (tertiary/aromatic N) is 5. The molecule has 0 atom stereocenters. The summed E-state index contributed by atoms with van der Waals surface area (Å²) in [6, 6.07) is 13.1. The van der Waals surface area contributed by atoms with E-state index in [2.05, 4.69) is 15.0 Å². The highest BCUT2D eigenvalue weighted by Gasteiger charge is 2.23. The van der Waals surface area contributed by atoms with Crippen molar-refractivity contribution in [1.29, 1.82) is 0 Å². The molecular weight excluding hydrogens is 397 g/mol. The minimum Gasteiger partial charge on any atom is -0.336 e. The molecule has 0 unspecified atom stereocenters. The molecule has 8 heteroatoms. The van der Waals surface area contributed by atoms with E-state index in [0.717, 1.165) is 30.9 Å². The Labute approximate surface area is 173 Å². The van der Waals surface area contributed by atoms with Gasteiger partial charge in [-0.05, 0) is 29.8 Å². The van der Waals surface area contributed by atoms with E-state index in [0.29, 0.717) is 28.7 Å². The van der Waals surface area contributed by atoms with Crippen molar-refractivity contribution < 1.29 is 4.79 Å². The van der Waals surface area contributed by atoms with Gasteiger partial charge in [0, 0.05) is 38.3 Å². The van der Waals surface area contributed by atoms with Gasteiger partial charge < -0.3 is 4.90 Å². The molecule has 4 rings (SSSR count). The van der Waals surface area contributed by atoms with E-state index >= 15 is 0 Å². The van der Waals surface area contributed by atoms with Crippen LogP contribution in [-0.4, -0.2) is 56.7 Å². The molecule has 1 fully saturated rings. The minimum atomic E-state index is 0.0300. The summed E-state index contributed by atoms with van der Waals surface area (Å²) in [4.78, 5) is 21.0. The number of rotatable bonds is 4. The van der Waals surface area contributed by atoms with Gasteiger partial charge >= 0.3 is 0 Å². The van der Waals surface area contributed by atoms with E-state index in [9.17, 15) is 4.79 Å². The first-order valence-electron chi connectivity index (χ1n) is 9.01. The van der Waals surface area contributed by atoms with Gasteiger partial charge in [-0.25, -0.2) is 9.67 Å². The molecule has 0 N–H and O–H groups in total. The molecule has 1 amide bonds. The Morgan fingerprint density at radius 1 is 1.04 bits per heavy atom. The zero-order chi connectivity index (χ0) is 19.5. The van der Waals surface area contributed by atoms with Crippen LogP contribution in [0.5, 0.6) is 0 Å². The highest BCUT2D eigenvalue weighted by Crippen LogP contribution is 2.26. The van der Waals surface area contributed by atoms with Crippen LogP contribution in [0.4, 0.5) is 0 Å². The maximum atomic E-state index is 12.9. The molecule has 2 heterocycles. The fraction of sp³-hybridized carbons (Fsp3) is 0.250. The maximum absolute atomic E-state index is 12.9. The smallest absolute Gasteiger partial charge is 0.254 e. The molecule has 6 nitrogen and oxygen atoms in total. The number of benzene rings is 2. The first-order valence-corrected chi connectivity index (χ1v) is 9.77. The zero-order valence-corrected chi connectivity index (χ0v) is 16.6. The monoisotopic (exact) mass is 415 g/mol. The number of hydrogen-bond acceptors (Lipinski definition) is 4. The topological polar surface area (TPSA) is 54.3 Å². The lowest BCUT2D eigenvalue weighted by Crippen LogP contribution is -2.48. The Hall–Kier alpha value is -2.41. The predicted molar refractivity (Wildman–Crippen MR) is 109 cm³/mol. The van der Waals surface area contributed by atoms with Crippen LogP contribution in [0.25, 0.3) is 5.69 Å². The number of aromatic nitrogens is 3. The predicted octanol–water partition coefficient (Wildman–Crippen LogP) is 3.53. The Morgan fingerprint density at radius 3 is 2.57 bits per heavy atom. The first kappa shape index (κ1) is 18.9. The van der Waals surface area contributed by atoms with E-state index in [1.807, 2.05) is 41.3 Å². The number of amides is 1. The lowest BCUT2D eigenvalue weighted by molar-refractivity contribution is 0.0628. The maximum Gasteiger partial charge on any atom is 0.254 e. The SMILES string of the molecule is O=C(c1cccc(-n2cncn2)c1)N1CCN(Cc2cccc(Cl)c2Cl)CC1. The lowest BCUT2D eigenvalue weighted by Gasteiger charge is -2.35. The number of halogens is 2. The van der Waals surface area contributed by atoms with Gasteiger partial charge in [0.05, 0.1) is 15.7 Å². The number of carbonyl (C=O) groups is 1. The summed E-state index contributed by atoms with van der Waals surface area (Å²) in [5.41, 5.74) is 2.48. The fourth-order valence-corrected chi connectivity index (χ4v) is 3.71. The van der Waals surface area contributed by atoms with Crippen LogP contribution in [0.2, 0.25) is 10.0 Å². The summed E-state index contributed by atoms with van der Waals surface area (Å²) < 4.78 is 1.64. The molecule has 144 valence electrons. The van der Waals surface area contributed by atoms with Crippen molar-refractivity contribution >= 4 is 29.1 Å². The molecule has 3 aromatic rings. The summed E-state index contributed by atoms with van der Waals surface area (Å²) in [7, 11) is 0. The van der Waals surface area contributed by atoms with E-state index < -0.39 is 0 Å². The fourth-order valence-electron chi connectivity index (χ4n) is 3.33. The third-order valence-corrected chi connectivity index (χ3v) is 5.72. The number of carbonyl (C=O) groups excluding carboxylic acids is 1. The van der Waals surface area contributed by atoms with Gasteiger partial charge in [-0.1, -0.05) is 41.4 Å². The third kappa shape index (κ3) is 4.04. The summed E-state index contributed by atoms with van der Waals surface area (Å²) in [6.45, 7) is 3.65. The van der Waals surface area contributed by atoms with Gasteiger partial charge in [0.15, 0.2) is 0 Å². The van der Waals surface area contributed by atoms with E-state index in [1.165, 1.54) is 6.33 Å². The lowest BCUT2D eigenvalue weighted by atomic mass is 10.1. The van der Waals surface area contributed by atoms with Crippen LogP contribution in [-0.2, 0) is 6.54 Å². The molecule has 0 bridgehead atoms. The van der Waals surface area contributed by atoms with Gasteiger partial charge in [0.1, 0.15) is 12.7 Å². The molecule has 0 radical (unpaired) electrons. The quantitative estimate of drug-likeness (QED) is 0.653. The minimum absolute atomic E-state index is 0.0300. The van der Waals surface area contributed by atoms with Crippen molar-refractivity contribution in [3.8, 4) is 5.69 Å². The standard InChI is InChI=1S/C20H19Cl2N5O/c21-18-6-2-4-16(19(18)22)12-25-7-9-26(10-8-25)20(28)15-3-1-5-17(11-15)27-14-23-13-24-27/h1-6,11,13-14H,7-10,12H2. The summed E-state index contributed by atoms with van der Waals surface area (Å²) in [6.07, 6.45) is 3.09. The van der Waals surface area contributed by atoms with E-state index in [4.69, 9.17) is 23.2 Å². The van der Waals surface area contributed by atoms with Crippen LogP contribution in [0.1, 0.15) is 15.9 Å². The molecule has 0 saturated carbocycles. The van der Waals surface area contributed by atoms with Gasteiger partial charge in [-0.2, -0.15) is 5.10 Å². The van der Waals surface area contributed by atoms with E-state index in [1.54, 1.807) is 17.1 Å². The molecule has 0 spiro atoms. The van der Waals surface area contributed by atoms with Crippen molar-refractivity contribution in [3.63, 3.8) is 0 Å². The summed E-state index contributed by atoms with van der Waals surface area (Å²) in [5, 5.41) is 5.29. The largest absolute Gasteiger partial charge is 0.336 e. The van der Waals surface area contributed by atoms with Crippen LogP contribution < -0.4 is 0 Å². The molecule has 1 aromatic heterocycles. The normalized spacial score (nSPS) is 15.0. The van der Waals surface area contributed by atoms with Crippen LogP contribution in [0.15, 0.2) is 55.1 Å². The highest BCUT2D eigenvalue weighted by atomic mass is 35.5. The van der Waals surface area contributed by atoms with Gasteiger partial charge in [-0.15, -0.1) is 0 Å². The molecule has 0 aliphatic carbocycles. The Balaban J connectivity index is 1.39. The van der Waals surface area contributed by atoms with Gasteiger partial charge in [-0.3, -0.25) is 9.69 Å². The Bertz CT molecular complexity index is 968. The van der Waals surface area contributed by atoms with Crippen molar-refractivity contribution in [2.24, 2.45) is 0 Å². The molecular formula is C20H19Cl2N5O. The third-order valence-electron chi connectivity index (χ3n) is 4.86. The van der Waals surface area contributed by atoms with Crippen LogP contribution in [0, 0.1) is 0 Å². The molecule has 2 aromatic carbocycles. The van der Waals surface area contributed by atoms with Crippen molar-refractivity contribution in [3.05, 3.63) is 76.3 Å². The Kier molecular flexibility index (Phi) is 5.62. The summed E-state index contributed by atoms with van der Waals surface area (Å²) in [5.74, 6) is 0.0300. The zero-order valence-electron chi connectivity index (χ0n) is 15.1. The second kappa shape index (κ2) is 8.31. The van der Waals surface area contributed by atoms with Crippen molar-refractivity contribution in [1.82, 2.24) is 24.6 Å². The average molecular weight is 416 g/mol. The molecule has 1 aliphatic heterocycles.